The van der Waals surface area contributed by atoms with Gasteiger partial charge in [0.2, 0.25) is 0 Å². The molecule has 0 aromatic rings. The van der Waals surface area contributed by atoms with Crippen molar-refractivity contribution in [2.45, 2.75) is 0 Å². The quantitative estimate of drug-likeness (QED) is 0.266. The van der Waals surface area contributed by atoms with Gasteiger partial charge in [-0.2, -0.15) is 0 Å². The molecule has 12 heavy (non-hydrogen) atoms. The van der Waals surface area contributed by atoms with Crippen molar-refractivity contribution < 1.29 is 26.4 Å². The molecular weight excluding hydrogens is 178 g/mol. The highest BCUT2D eigenvalue weighted by Crippen LogP contribution is 1.88. The molecule has 0 aromatic carbocycles. The minimum Gasteiger partial charge on any atom is -1.00 e. The topological polar surface area (TPSA) is 26.3 Å². The number of rotatable bonds is 5. The summed E-state index contributed by atoms with van der Waals surface area (Å²) in [6.45, 7) is 2.01. The van der Waals surface area contributed by atoms with Crippen LogP contribution in [-0.4, -0.2) is 51.3 Å². The fourth-order valence-corrected chi connectivity index (χ4v) is 0.515. The number of ether oxygens (including phenoxy) is 1. The van der Waals surface area contributed by atoms with Gasteiger partial charge in [0, 0.05) is 6.08 Å². The Kier molecular flexibility index (Phi) is 8.66. The first-order valence-corrected chi connectivity index (χ1v) is 3.64. The van der Waals surface area contributed by atoms with Gasteiger partial charge in [-0.25, -0.2) is 4.79 Å². The van der Waals surface area contributed by atoms with E-state index >= 15 is 0 Å². The summed E-state index contributed by atoms with van der Waals surface area (Å²) >= 11 is 0. The lowest BCUT2D eigenvalue weighted by atomic mass is 10.5. The molecular formula is C8H16ClNO2. The molecule has 0 aliphatic rings. The SMILES string of the molecule is C[N+](C)(C)CCOCC=C=O.[Cl-]. The smallest absolute Gasteiger partial charge is 0.122 e. The molecule has 0 radical (unpaired) electrons. The van der Waals surface area contributed by atoms with Crippen LogP contribution in [-0.2, 0) is 9.53 Å². The molecule has 0 amide bonds. The van der Waals surface area contributed by atoms with Gasteiger partial charge in [0.05, 0.1) is 34.4 Å². The van der Waals surface area contributed by atoms with Gasteiger partial charge < -0.3 is 21.6 Å². The normalized spacial score (nSPS) is 9.92. The van der Waals surface area contributed by atoms with E-state index in [1.165, 1.54) is 6.08 Å². The van der Waals surface area contributed by atoms with Gasteiger partial charge in [0.25, 0.3) is 0 Å². The maximum atomic E-state index is 9.70. The molecule has 4 heteroatoms. The highest BCUT2D eigenvalue weighted by atomic mass is 35.5. The monoisotopic (exact) mass is 193 g/mol. The zero-order valence-corrected chi connectivity index (χ0v) is 8.60. The Morgan fingerprint density at radius 2 is 2.00 bits per heavy atom. The first kappa shape index (κ1) is 14.2. The average Bonchev–Trinajstić information content (AvgIpc) is 1.85. The predicted octanol–water partition coefficient (Wildman–Crippen LogP) is -2.90. The summed E-state index contributed by atoms with van der Waals surface area (Å²) in [6.07, 6.45) is 1.34. The molecule has 3 nitrogen and oxygen atoms in total. The molecule has 72 valence electrons. The Bertz CT molecular complexity index is 148. The zero-order valence-electron chi connectivity index (χ0n) is 7.84. The number of likely N-dealkylation sites (N-methyl/N-ethyl adjacent to an activating group) is 1. The Morgan fingerprint density at radius 1 is 1.42 bits per heavy atom. The Balaban J connectivity index is 0. The molecule has 0 spiro atoms. The van der Waals surface area contributed by atoms with Crippen LogP contribution < -0.4 is 12.4 Å². The van der Waals surface area contributed by atoms with Crippen molar-refractivity contribution in [2.24, 2.45) is 0 Å². The van der Waals surface area contributed by atoms with Crippen LogP contribution in [0.25, 0.3) is 0 Å². The summed E-state index contributed by atoms with van der Waals surface area (Å²) in [5, 5.41) is 0. The lowest BCUT2D eigenvalue weighted by Gasteiger charge is -2.23. The van der Waals surface area contributed by atoms with Crippen LogP contribution >= 0.6 is 0 Å². The van der Waals surface area contributed by atoms with Crippen molar-refractivity contribution in [3.05, 3.63) is 6.08 Å². The summed E-state index contributed by atoms with van der Waals surface area (Å²) in [6, 6.07) is 0. The van der Waals surface area contributed by atoms with Gasteiger partial charge in [-0.05, 0) is 0 Å². The van der Waals surface area contributed by atoms with Crippen molar-refractivity contribution in [1.82, 2.24) is 0 Å². The van der Waals surface area contributed by atoms with E-state index in [9.17, 15) is 4.79 Å². The van der Waals surface area contributed by atoms with Crippen molar-refractivity contribution in [1.29, 1.82) is 0 Å². The predicted molar refractivity (Wildman–Crippen MR) is 44.0 cm³/mol. The van der Waals surface area contributed by atoms with E-state index in [0.29, 0.717) is 13.2 Å². The lowest BCUT2D eigenvalue weighted by Crippen LogP contribution is -3.00. The third-order valence-corrected chi connectivity index (χ3v) is 1.19. The molecule has 0 bridgehead atoms. The summed E-state index contributed by atoms with van der Waals surface area (Å²) < 4.78 is 6.00. The maximum Gasteiger partial charge on any atom is 0.122 e. The van der Waals surface area contributed by atoms with Gasteiger partial charge in [-0.1, -0.05) is 0 Å². The molecule has 0 saturated heterocycles. The molecule has 0 aliphatic carbocycles. The Morgan fingerprint density at radius 3 is 2.42 bits per heavy atom. The molecule has 0 saturated carbocycles. The van der Waals surface area contributed by atoms with Gasteiger partial charge >= 0.3 is 0 Å². The summed E-state index contributed by atoms with van der Waals surface area (Å²) in [5.74, 6) is 1.66. The second kappa shape index (κ2) is 7.32. The molecule has 0 unspecified atom stereocenters. The molecule has 0 heterocycles. The molecule has 0 fully saturated rings. The van der Waals surface area contributed by atoms with Gasteiger partial charge in [0.15, 0.2) is 0 Å². The molecule has 0 N–H and O–H groups in total. The van der Waals surface area contributed by atoms with Crippen LogP contribution in [0.1, 0.15) is 0 Å². The van der Waals surface area contributed by atoms with E-state index in [-0.39, 0.29) is 12.4 Å². The summed E-state index contributed by atoms with van der Waals surface area (Å²) in [5.41, 5.74) is 0. The second-order valence-corrected chi connectivity index (χ2v) is 3.41. The number of carbonyl (C=O) groups excluding carboxylic acids is 1. The fourth-order valence-electron chi connectivity index (χ4n) is 0.515. The molecule has 0 aromatic heterocycles. The molecule has 0 aliphatic heterocycles. The zero-order chi connectivity index (χ0) is 8.74. The van der Waals surface area contributed by atoms with Gasteiger partial charge in [-0.3, -0.25) is 0 Å². The number of nitrogens with zero attached hydrogens (tertiary/aromatic N) is 1. The third-order valence-electron chi connectivity index (χ3n) is 1.19. The standard InChI is InChI=1S/C8H16NO2.ClH/c1-9(2,3)5-8-11-7-4-6-10;/h4H,5,7-8H2,1-3H3;1H/q+1;/p-1. The number of halogens is 1. The van der Waals surface area contributed by atoms with Crippen LogP contribution in [0.15, 0.2) is 6.08 Å². The number of hydrogen-bond acceptors (Lipinski definition) is 2. The maximum absolute atomic E-state index is 9.70. The van der Waals surface area contributed by atoms with Crippen LogP contribution in [0.5, 0.6) is 0 Å². The minimum atomic E-state index is 0. The Labute approximate surface area is 80.0 Å². The first-order chi connectivity index (χ1) is 5.06. The molecule has 0 atom stereocenters. The highest BCUT2D eigenvalue weighted by molar-refractivity contribution is 5.44. The Hall–Kier alpha value is -0.340. The van der Waals surface area contributed by atoms with Crippen molar-refractivity contribution in [3.63, 3.8) is 0 Å². The number of hydrogen-bond donors (Lipinski definition) is 0. The van der Waals surface area contributed by atoms with Crippen molar-refractivity contribution >= 4 is 5.94 Å². The van der Waals surface area contributed by atoms with Crippen LogP contribution in [0, 0.1) is 0 Å². The van der Waals surface area contributed by atoms with Gasteiger partial charge in [0.1, 0.15) is 12.5 Å². The van der Waals surface area contributed by atoms with Crippen molar-refractivity contribution in [2.75, 3.05) is 40.9 Å². The van der Waals surface area contributed by atoms with Gasteiger partial charge in [-0.15, -0.1) is 0 Å². The van der Waals surface area contributed by atoms with E-state index < -0.39 is 0 Å². The number of quaternary nitrogens is 1. The third kappa shape index (κ3) is 12.3. The van der Waals surface area contributed by atoms with Crippen LogP contribution in [0.3, 0.4) is 0 Å². The van der Waals surface area contributed by atoms with Crippen molar-refractivity contribution in [3.8, 4) is 0 Å². The van der Waals surface area contributed by atoms with E-state index in [1.807, 2.05) is 0 Å². The summed E-state index contributed by atoms with van der Waals surface area (Å²) in [4.78, 5) is 9.70. The van der Waals surface area contributed by atoms with E-state index in [2.05, 4.69) is 21.1 Å². The van der Waals surface area contributed by atoms with E-state index in [0.717, 1.165) is 11.0 Å². The minimum absolute atomic E-state index is 0. The largest absolute Gasteiger partial charge is 1.00 e. The fraction of sp³-hybridized carbons (Fsp3) is 0.750. The highest BCUT2D eigenvalue weighted by Gasteiger charge is 2.04. The van der Waals surface area contributed by atoms with E-state index in [1.54, 1.807) is 5.94 Å². The average molecular weight is 194 g/mol. The van der Waals surface area contributed by atoms with E-state index in [4.69, 9.17) is 4.74 Å². The summed E-state index contributed by atoms with van der Waals surface area (Å²) in [7, 11) is 6.29. The molecule has 0 rings (SSSR count). The van der Waals surface area contributed by atoms with Crippen LogP contribution in [0.4, 0.5) is 0 Å². The van der Waals surface area contributed by atoms with Crippen LogP contribution in [0.2, 0.25) is 0 Å². The lowest BCUT2D eigenvalue weighted by molar-refractivity contribution is -0.870. The first-order valence-electron chi connectivity index (χ1n) is 3.64. The second-order valence-electron chi connectivity index (χ2n) is 3.41.